The number of ether oxygens (including phenoxy) is 1. The summed E-state index contributed by atoms with van der Waals surface area (Å²) in [6.45, 7) is 1.67. The lowest BCUT2D eigenvalue weighted by Gasteiger charge is -2.13. The number of para-hydroxylation sites is 1. The Morgan fingerprint density at radius 2 is 1.94 bits per heavy atom. The smallest absolute Gasteiger partial charge is 0.137 e. The van der Waals surface area contributed by atoms with Crippen molar-refractivity contribution in [2.24, 2.45) is 0 Å². The molecular weight excluding hydrogens is 299 g/mol. The van der Waals surface area contributed by atoms with Crippen LogP contribution in [0.15, 0.2) is 46.9 Å². The summed E-state index contributed by atoms with van der Waals surface area (Å²) in [6.07, 6.45) is -0.620. The first-order valence-corrected chi connectivity index (χ1v) is 6.27. The van der Waals surface area contributed by atoms with Crippen molar-refractivity contribution in [2.45, 2.75) is 13.0 Å². The Bertz CT molecular complexity index is 555. The fourth-order valence-corrected chi connectivity index (χ4v) is 1.94. The second-order valence-corrected chi connectivity index (χ2v) is 4.75. The van der Waals surface area contributed by atoms with E-state index in [0.29, 0.717) is 21.5 Å². The van der Waals surface area contributed by atoms with Crippen LogP contribution >= 0.6 is 15.9 Å². The van der Waals surface area contributed by atoms with Crippen LogP contribution in [0.3, 0.4) is 0 Å². The van der Waals surface area contributed by atoms with Gasteiger partial charge in [-0.15, -0.1) is 0 Å². The molecule has 1 unspecified atom stereocenters. The fraction of sp³-hybridized carbons (Fsp3) is 0.143. The summed E-state index contributed by atoms with van der Waals surface area (Å²) < 4.78 is 19.1. The lowest BCUT2D eigenvalue weighted by atomic mass is 10.1. The lowest BCUT2D eigenvalue weighted by molar-refractivity contribution is 0.195. The molecule has 4 heteroatoms. The maximum atomic E-state index is 13.1. The zero-order valence-electron chi connectivity index (χ0n) is 9.73. The third kappa shape index (κ3) is 2.89. The predicted octanol–water partition coefficient (Wildman–Crippen LogP) is 4.43. The Kier molecular flexibility index (Phi) is 3.99. The van der Waals surface area contributed by atoms with Crippen molar-refractivity contribution in [1.82, 2.24) is 0 Å². The van der Waals surface area contributed by atoms with Crippen LogP contribution in [0.5, 0.6) is 11.5 Å². The zero-order chi connectivity index (χ0) is 13.1. The van der Waals surface area contributed by atoms with Crippen LogP contribution in [0.25, 0.3) is 0 Å². The van der Waals surface area contributed by atoms with Gasteiger partial charge in [-0.1, -0.05) is 18.2 Å². The molecule has 0 aliphatic rings. The number of aliphatic hydroxyl groups is 1. The number of halogens is 2. The molecule has 2 rings (SSSR count). The van der Waals surface area contributed by atoms with Gasteiger partial charge in [-0.2, -0.15) is 0 Å². The summed E-state index contributed by atoms with van der Waals surface area (Å²) in [5.41, 5.74) is 0.693. The molecule has 2 aromatic carbocycles. The van der Waals surface area contributed by atoms with Crippen LogP contribution < -0.4 is 4.74 Å². The highest BCUT2D eigenvalue weighted by atomic mass is 79.9. The van der Waals surface area contributed by atoms with E-state index < -0.39 is 6.10 Å². The SMILES string of the molecule is CC(O)c1ccccc1Oc1ccc(F)c(Br)c1. The first-order valence-electron chi connectivity index (χ1n) is 5.48. The molecule has 0 aliphatic carbocycles. The summed E-state index contributed by atoms with van der Waals surface area (Å²) in [4.78, 5) is 0. The summed E-state index contributed by atoms with van der Waals surface area (Å²) >= 11 is 3.10. The van der Waals surface area contributed by atoms with Gasteiger partial charge in [-0.25, -0.2) is 4.39 Å². The van der Waals surface area contributed by atoms with Crippen LogP contribution in [0.2, 0.25) is 0 Å². The molecule has 0 spiro atoms. The van der Waals surface area contributed by atoms with Gasteiger partial charge in [0, 0.05) is 5.56 Å². The zero-order valence-corrected chi connectivity index (χ0v) is 11.3. The molecule has 0 bridgehead atoms. The van der Waals surface area contributed by atoms with E-state index in [0.717, 1.165) is 0 Å². The summed E-state index contributed by atoms with van der Waals surface area (Å²) in [7, 11) is 0. The lowest BCUT2D eigenvalue weighted by Crippen LogP contribution is -1.95. The molecule has 0 heterocycles. The average molecular weight is 311 g/mol. The molecule has 0 aromatic heterocycles. The van der Waals surface area contributed by atoms with Gasteiger partial charge in [0.1, 0.15) is 17.3 Å². The van der Waals surface area contributed by atoms with Gasteiger partial charge in [0.15, 0.2) is 0 Å². The van der Waals surface area contributed by atoms with Gasteiger partial charge in [0.2, 0.25) is 0 Å². The largest absolute Gasteiger partial charge is 0.457 e. The fourth-order valence-electron chi connectivity index (χ4n) is 1.59. The van der Waals surface area contributed by atoms with E-state index >= 15 is 0 Å². The van der Waals surface area contributed by atoms with Crippen molar-refractivity contribution in [3.05, 3.63) is 58.3 Å². The average Bonchev–Trinajstić information content (AvgIpc) is 2.34. The summed E-state index contributed by atoms with van der Waals surface area (Å²) in [5.74, 6) is 0.730. The number of rotatable bonds is 3. The minimum Gasteiger partial charge on any atom is -0.457 e. The Hall–Kier alpha value is -1.39. The summed E-state index contributed by atoms with van der Waals surface area (Å²) in [5, 5.41) is 9.63. The van der Waals surface area contributed by atoms with E-state index in [1.54, 1.807) is 31.2 Å². The van der Waals surface area contributed by atoms with Gasteiger partial charge >= 0.3 is 0 Å². The van der Waals surface area contributed by atoms with E-state index in [1.807, 2.05) is 12.1 Å². The third-order valence-electron chi connectivity index (χ3n) is 2.49. The molecule has 2 nitrogen and oxygen atoms in total. The number of hydrogen-bond acceptors (Lipinski definition) is 2. The highest BCUT2D eigenvalue weighted by Crippen LogP contribution is 2.31. The maximum Gasteiger partial charge on any atom is 0.137 e. The van der Waals surface area contributed by atoms with Gasteiger partial charge in [-0.05, 0) is 47.1 Å². The van der Waals surface area contributed by atoms with Gasteiger partial charge in [0.25, 0.3) is 0 Å². The normalized spacial score (nSPS) is 12.2. The van der Waals surface area contributed by atoms with Crippen LogP contribution in [0.1, 0.15) is 18.6 Å². The van der Waals surface area contributed by atoms with E-state index in [2.05, 4.69) is 15.9 Å². The van der Waals surface area contributed by atoms with Gasteiger partial charge in [0.05, 0.1) is 10.6 Å². The van der Waals surface area contributed by atoms with E-state index in [4.69, 9.17) is 4.74 Å². The van der Waals surface area contributed by atoms with Crippen molar-refractivity contribution in [3.8, 4) is 11.5 Å². The van der Waals surface area contributed by atoms with Crippen LogP contribution in [0, 0.1) is 5.82 Å². The standard InChI is InChI=1S/C14H12BrFO2/c1-9(17)11-4-2-3-5-14(11)18-10-6-7-13(16)12(15)8-10/h2-9,17H,1H3. The second-order valence-electron chi connectivity index (χ2n) is 3.89. The molecule has 2 aromatic rings. The molecule has 1 N–H and O–H groups in total. The number of benzene rings is 2. The molecule has 0 saturated carbocycles. The Balaban J connectivity index is 2.31. The van der Waals surface area contributed by atoms with Crippen molar-refractivity contribution < 1.29 is 14.2 Å². The predicted molar refractivity (Wildman–Crippen MR) is 71.2 cm³/mol. The molecule has 0 radical (unpaired) electrons. The number of aliphatic hydroxyl groups excluding tert-OH is 1. The van der Waals surface area contributed by atoms with Crippen molar-refractivity contribution in [1.29, 1.82) is 0 Å². The maximum absolute atomic E-state index is 13.1. The minimum atomic E-state index is -0.620. The first-order chi connectivity index (χ1) is 8.58. The molecule has 94 valence electrons. The first kappa shape index (κ1) is 13.1. The monoisotopic (exact) mass is 310 g/mol. The van der Waals surface area contributed by atoms with E-state index in [1.165, 1.54) is 6.07 Å². The molecule has 0 fully saturated rings. The quantitative estimate of drug-likeness (QED) is 0.908. The van der Waals surface area contributed by atoms with Crippen LogP contribution in [-0.4, -0.2) is 5.11 Å². The molecule has 18 heavy (non-hydrogen) atoms. The third-order valence-corrected chi connectivity index (χ3v) is 3.10. The topological polar surface area (TPSA) is 29.5 Å². The highest BCUT2D eigenvalue weighted by molar-refractivity contribution is 9.10. The Morgan fingerprint density at radius 3 is 2.61 bits per heavy atom. The Morgan fingerprint density at radius 1 is 1.22 bits per heavy atom. The van der Waals surface area contributed by atoms with Crippen LogP contribution in [-0.2, 0) is 0 Å². The van der Waals surface area contributed by atoms with Crippen molar-refractivity contribution >= 4 is 15.9 Å². The minimum absolute atomic E-state index is 0.342. The van der Waals surface area contributed by atoms with E-state index in [-0.39, 0.29) is 5.82 Å². The van der Waals surface area contributed by atoms with Crippen molar-refractivity contribution in [3.63, 3.8) is 0 Å². The van der Waals surface area contributed by atoms with Gasteiger partial charge in [-0.3, -0.25) is 0 Å². The van der Waals surface area contributed by atoms with E-state index in [9.17, 15) is 9.50 Å². The van der Waals surface area contributed by atoms with Crippen molar-refractivity contribution in [2.75, 3.05) is 0 Å². The number of hydrogen-bond donors (Lipinski definition) is 1. The summed E-state index contributed by atoms with van der Waals surface area (Å²) in [6, 6.07) is 11.6. The molecular formula is C14H12BrFO2. The molecule has 0 amide bonds. The van der Waals surface area contributed by atoms with Gasteiger partial charge < -0.3 is 9.84 Å². The molecule has 1 atom stereocenters. The second kappa shape index (κ2) is 5.50. The molecule has 0 aliphatic heterocycles. The highest BCUT2D eigenvalue weighted by Gasteiger charge is 2.09. The molecule has 0 saturated heterocycles. The van der Waals surface area contributed by atoms with Crippen LogP contribution in [0.4, 0.5) is 4.39 Å². The Labute approximate surface area is 113 Å².